The summed E-state index contributed by atoms with van der Waals surface area (Å²) >= 11 is 1.26. The third-order valence-electron chi connectivity index (χ3n) is 1.97. The molecule has 0 atom stereocenters. The van der Waals surface area contributed by atoms with Crippen molar-refractivity contribution in [2.45, 2.75) is 10.1 Å². The molecule has 0 aliphatic rings. The second-order valence-corrected chi connectivity index (χ2v) is 4.11. The molecule has 0 fully saturated rings. The van der Waals surface area contributed by atoms with Crippen molar-refractivity contribution in [1.82, 2.24) is 9.97 Å². The SMILES string of the molecule is N#Cc1ccc(Sc2ncc[nH]2)cc1[N+](=O)[O-]. The smallest absolute Gasteiger partial charge is 0.288 e. The first-order valence-corrected chi connectivity index (χ1v) is 5.38. The highest BCUT2D eigenvalue weighted by atomic mass is 32.2. The second kappa shape index (κ2) is 4.67. The quantitative estimate of drug-likeness (QED) is 0.662. The van der Waals surface area contributed by atoms with Crippen LogP contribution in [0.3, 0.4) is 0 Å². The van der Waals surface area contributed by atoms with E-state index in [-0.39, 0.29) is 11.3 Å². The highest BCUT2D eigenvalue weighted by molar-refractivity contribution is 7.99. The summed E-state index contributed by atoms with van der Waals surface area (Å²) in [5, 5.41) is 20.1. The van der Waals surface area contributed by atoms with Crippen LogP contribution in [0.1, 0.15) is 5.56 Å². The highest BCUT2D eigenvalue weighted by Crippen LogP contribution is 2.29. The molecule has 0 radical (unpaired) electrons. The molecule has 0 amide bonds. The predicted molar refractivity (Wildman–Crippen MR) is 60.5 cm³/mol. The van der Waals surface area contributed by atoms with Gasteiger partial charge in [-0.05, 0) is 12.1 Å². The van der Waals surface area contributed by atoms with Gasteiger partial charge >= 0.3 is 0 Å². The van der Waals surface area contributed by atoms with Crippen LogP contribution >= 0.6 is 11.8 Å². The van der Waals surface area contributed by atoms with Crippen molar-refractivity contribution in [3.63, 3.8) is 0 Å². The van der Waals surface area contributed by atoms with Gasteiger partial charge in [0.25, 0.3) is 5.69 Å². The summed E-state index contributed by atoms with van der Waals surface area (Å²) < 4.78 is 0. The van der Waals surface area contributed by atoms with Gasteiger partial charge in [0.05, 0.1) is 4.92 Å². The largest absolute Gasteiger partial charge is 0.339 e. The standard InChI is InChI=1S/C10H6N4O2S/c11-6-7-1-2-8(5-9(7)14(15)16)17-10-12-3-4-13-10/h1-5H,(H,12,13). The van der Waals surface area contributed by atoms with E-state index in [9.17, 15) is 10.1 Å². The number of aromatic amines is 1. The Morgan fingerprint density at radius 3 is 2.94 bits per heavy atom. The average molecular weight is 246 g/mol. The van der Waals surface area contributed by atoms with Crippen LogP contribution in [-0.2, 0) is 0 Å². The molecule has 84 valence electrons. The van der Waals surface area contributed by atoms with Crippen LogP contribution in [0.25, 0.3) is 0 Å². The normalized spacial score (nSPS) is 9.82. The first-order valence-electron chi connectivity index (χ1n) is 4.56. The second-order valence-electron chi connectivity index (χ2n) is 3.04. The van der Waals surface area contributed by atoms with Crippen molar-refractivity contribution in [2.24, 2.45) is 0 Å². The average Bonchev–Trinajstić information content (AvgIpc) is 2.81. The summed E-state index contributed by atoms with van der Waals surface area (Å²) in [6, 6.07) is 6.24. The first kappa shape index (κ1) is 11.2. The fourth-order valence-corrected chi connectivity index (χ4v) is 2.01. The number of hydrogen-bond donors (Lipinski definition) is 1. The number of nitro groups is 1. The Labute approximate surface area is 100 Å². The minimum atomic E-state index is -0.565. The Morgan fingerprint density at radius 2 is 2.35 bits per heavy atom. The van der Waals surface area contributed by atoms with Gasteiger partial charge in [0.2, 0.25) is 0 Å². The van der Waals surface area contributed by atoms with Gasteiger partial charge in [-0.25, -0.2) is 4.98 Å². The molecule has 0 unspecified atom stereocenters. The molecule has 0 aliphatic heterocycles. The summed E-state index contributed by atoms with van der Waals surface area (Å²) in [4.78, 5) is 17.7. The van der Waals surface area contributed by atoms with Crippen LogP contribution in [-0.4, -0.2) is 14.9 Å². The molecule has 17 heavy (non-hydrogen) atoms. The molecule has 1 heterocycles. The van der Waals surface area contributed by atoms with E-state index >= 15 is 0 Å². The van der Waals surface area contributed by atoms with E-state index in [1.807, 2.05) is 0 Å². The fraction of sp³-hybridized carbons (Fsp3) is 0. The molecular weight excluding hydrogens is 240 g/mol. The first-order chi connectivity index (χ1) is 8.20. The zero-order valence-corrected chi connectivity index (χ0v) is 9.27. The molecule has 0 bridgehead atoms. The molecule has 1 aromatic heterocycles. The van der Waals surface area contributed by atoms with Gasteiger partial charge in [-0.2, -0.15) is 5.26 Å². The molecule has 0 saturated carbocycles. The lowest BCUT2D eigenvalue weighted by molar-refractivity contribution is -0.385. The molecular formula is C10H6N4O2S. The number of imidazole rings is 1. The van der Waals surface area contributed by atoms with E-state index in [0.29, 0.717) is 10.1 Å². The molecule has 6 nitrogen and oxygen atoms in total. The van der Waals surface area contributed by atoms with Crippen molar-refractivity contribution < 1.29 is 4.92 Å². The van der Waals surface area contributed by atoms with Crippen LogP contribution in [0.15, 0.2) is 40.6 Å². The lowest BCUT2D eigenvalue weighted by Gasteiger charge is -1.99. The van der Waals surface area contributed by atoms with Crippen molar-refractivity contribution in [3.05, 3.63) is 46.3 Å². The summed E-state index contributed by atoms with van der Waals surface area (Å²) in [7, 11) is 0. The third-order valence-corrected chi connectivity index (χ3v) is 2.88. The Morgan fingerprint density at radius 1 is 1.53 bits per heavy atom. The van der Waals surface area contributed by atoms with Gasteiger partial charge in [0.1, 0.15) is 11.6 Å². The predicted octanol–water partition coefficient (Wildman–Crippen LogP) is 2.34. The van der Waals surface area contributed by atoms with Gasteiger partial charge in [-0.3, -0.25) is 10.1 Å². The summed E-state index contributed by atoms with van der Waals surface area (Å²) in [6.07, 6.45) is 3.26. The van der Waals surface area contributed by atoms with E-state index < -0.39 is 4.92 Å². The number of aromatic nitrogens is 2. The number of benzene rings is 1. The molecule has 1 aromatic carbocycles. The van der Waals surface area contributed by atoms with E-state index in [2.05, 4.69) is 9.97 Å². The molecule has 2 aromatic rings. The zero-order valence-electron chi connectivity index (χ0n) is 8.45. The maximum atomic E-state index is 10.8. The number of hydrogen-bond acceptors (Lipinski definition) is 5. The molecule has 0 saturated heterocycles. The molecule has 2 rings (SSSR count). The number of rotatable bonds is 3. The van der Waals surface area contributed by atoms with Gasteiger partial charge < -0.3 is 4.98 Å². The molecule has 1 N–H and O–H groups in total. The van der Waals surface area contributed by atoms with Crippen molar-refractivity contribution in [2.75, 3.05) is 0 Å². The minimum Gasteiger partial charge on any atom is -0.339 e. The maximum Gasteiger partial charge on any atom is 0.288 e. The van der Waals surface area contributed by atoms with Crippen molar-refractivity contribution >= 4 is 17.4 Å². The minimum absolute atomic E-state index is 0.0544. The van der Waals surface area contributed by atoms with Crippen molar-refractivity contribution in [1.29, 1.82) is 5.26 Å². The molecule has 7 heteroatoms. The number of H-pyrrole nitrogens is 1. The number of nitro benzene ring substituents is 1. The van der Waals surface area contributed by atoms with Crippen LogP contribution < -0.4 is 0 Å². The number of nitriles is 1. The summed E-state index contributed by atoms with van der Waals surface area (Å²) in [6.45, 7) is 0. The topological polar surface area (TPSA) is 95.6 Å². The van der Waals surface area contributed by atoms with Crippen molar-refractivity contribution in [3.8, 4) is 6.07 Å². The van der Waals surface area contributed by atoms with E-state index in [1.54, 1.807) is 24.5 Å². The van der Waals surface area contributed by atoms with Crippen LogP contribution in [0.2, 0.25) is 0 Å². The van der Waals surface area contributed by atoms with Gasteiger partial charge in [0.15, 0.2) is 5.16 Å². The number of nitrogens with zero attached hydrogens (tertiary/aromatic N) is 3. The molecule has 0 spiro atoms. The van der Waals surface area contributed by atoms with Crippen LogP contribution in [0.5, 0.6) is 0 Å². The van der Waals surface area contributed by atoms with Gasteiger partial charge in [-0.15, -0.1) is 0 Å². The highest BCUT2D eigenvalue weighted by Gasteiger charge is 2.14. The lowest BCUT2D eigenvalue weighted by atomic mass is 10.2. The van der Waals surface area contributed by atoms with Crippen LogP contribution in [0.4, 0.5) is 5.69 Å². The molecule has 0 aliphatic carbocycles. The third kappa shape index (κ3) is 2.43. The number of nitrogens with one attached hydrogen (secondary N) is 1. The van der Waals surface area contributed by atoms with Crippen LogP contribution in [0, 0.1) is 21.4 Å². The monoisotopic (exact) mass is 246 g/mol. The summed E-state index contributed by atoms with van der Waals surface area (Å²) in [5.41, 5.74) is -0.136. The lowest BCUT2D eigenvalue weighted by Crippen LogP contribution is -1.92. The fourth-order valence-electron chi connectivity index (χ4n) is 1.24. The Balaban J connectivity index is 2.35. The Hall–Kier alpha value is -2.33. The van der Waals surface area contributed by atoms with E-state index in [1.165, 1.54) is 23.9 Å². The Kier molecular flexibility index (Phi) is 3.07. The maximum absolute atomic E-state index is 10.8. The van der Waals surface area contributed by atoms with Gasteiger partial charge in [-0.1, -0.05) is 11.8 Å². The van der Waals surface area contributed by atoms with Gasteiger partial charge in [0, 0.05) is 23.4 Å². The van der Waals surface area contributed by atoms with E-state index in [0.717, 1.165) is 0 Å². The van der Waals surface area contributed by atoms with E-state index in [4.69, 9.17) is 5.26 Å². The zero-order chi connectivity index (χ0) is 12.3. The Bertz CT molecular complexity index is 589. The summed E-state index contributed by atoms with van der Waals surface area (Å²) in [5.74, 6) is 0.